The number of aryl methyl sites for hydroxylation is 1. The number of aromatic nitrogens is 4. The molecule has 3 heterocycles. The Morgan fingerprint density at radius 1 is 1.19 bits per heavy atom. The quantitative estimate of drug-likeness (QED) is 0.714. The molecular formula is C20H20N6O. The highest BCUT2D eigenvalue weighted by Gasteiger charge is 2.21. The van der Waals surface area contributed by atoms with Crippen molar-refractivity contribution in [3.63, 3.8) is 0 Å². The summed E-state index contributed by atoms with van der Waals surface area (Å²) < 4.78 is 1.65. The van der Waals surface area contributed by atoms with Gasteiger partial charge in [-0.2, -0.15) is 10.4 Å². The largest absolute Gasteiger partial charge is 0.338 e. The Labute approximate surface area is 157 Å². The van der Waals surface area contributed by atoms with E-state index in [0.29, 0.717) is 22.6 Å². The first-order valence-corrected chi connectivity index (χ1v) is 8.57. The number of nitriles is 1. The standard InChI is InChI=1S/C20H20N6O/c1-13(2)25(4)20(27)18-9-19(17-8-6-15(10-21)11-23-17)26(24-18)16-7-5-14(3)22-12-16/h5-9,11-13H,1-4H3. The highest BCUT2D eigenvalue weighted by Crippen LogP contribution is 2.23. The molecule has 27 heavy (non-hydrogen) atoms. The second-order valence-corrected chi connectivity index (χ2v) is 6.54. The Balaban J connectivity index is 2.13. The number of hydrogen-bond donors (Lipinski definition) is 0. The SMILES string of the molecule is Cc1ccc(-n2nc(C(=O)N(C)C(C)C)cc2-c2ccc(C#N)cn2)cn1. The maximum Gasteiger partial charge on any atom is 0.274 e. The van der Waals surface area contributed by atoms with Gasteiger partial charge in [0.05, 0.1) is 28.8 Å². The number of hydrogen-bond acceptors (Lipinski definition) is 5. The first kappa shape index (κ1) is 18.3. The van der Waals surface area contributed by atoms with Crippen LogP contribution in [0.4, 0.5) is 0 Å². The van der Waals surface area contributed by atoms with E-state index in [1.165, 1.54) is 6.20 Å². The van der Waals surface area contributed by atoms with Gasteiger partial charge in [-0.15, -0.1) is 0 Å². The minimum Gasteiger partial charge on any atom is -0.338 e. The average molecular weight is 360 g/mol. The summed E-state index contributed by atoms with van der Waals surface area (Å²) in [5.74, 6) is -0.168. The van der Waals surface area contributed by atoms with E-state index >= 15 is 0 Å². The van der Waals surface area contributed by atoms with Crippen molar-refractivity contribution in [1.29, 1.82) is 5.26 Å². The fourth-order valence-electron chi connectivity index (χ4n) is 2.48. The third-order valence-corrected chi connectivity index (χ3v) is 4.32. The summed E-state index contributed by atoms with van der Waals surface area (Å²) in [5.41, 5.74) is 3.69. The summed E-state index contributed by atoms with van der Waals surface area (Å²) in [6.45, 7) is 5.80. The van der Waals surface area contributed by atoms with Gasteiger partial charge in [0, 0.05) is 25.0 Å². The van der Waals surface area contributed by atoms with Gasteiger partial charge in [0.15, 0.2) is 5.69 Å². The molecule has 0 radical (unpaired) electrons. The lowest BCUT2D eigenvalue weighted by Gasteiger charge is -2.19. The molecule has 3 rings (SSSR count). The molecule has 0 fully saturated rings. The molecule has 0 N–H and O–H groups in total. The summed E-state index contributed by atoms with van der Waals surface area (Å²) in [7, 11) is 1.75. The van der Waals surface area contributed by atoms with Crippen LogP contribution >= 0.6 is 0 Å². The lowest BCUT2D eigenvalue weighted by atomic mass is 10.2. The van der Waals surface area contributed by atoms with Gasteiger partial charge in [0.25, 0.3) is 5.91 Å². The monoisotopic (exact) mass is 360 g/mol. The fraction of sp³-hybridized carbons (Fsp3) is 0.250. The summed E-state index contributed by atoms with van der Waals surface area (Å²) >= 11 is 0. The number of pyridine rings is 2. The molecule has 0 aromatic carbocycles. The number of amides is 1. The van der Waals surface area contributed by atoms with Crippen LogP contribution in [-0.4, -0.2) is 43.6 Å². The molecule has 7 nitrogen and oxygen atoms in total. The highest BCUT2D eigenvalue weighted by molar-refractivity contribution is 5.93. The Morgan fingerprint density at radius 2 is 1.96 bits per heavy atom. The predicted molar refractivity (Wildman–Crippen MR) is 101 cm³/mol. The van der Waals surface area contributed by atoms with Crippen molar-refractivity contribution in [3.05, 3.63) is 59.7 Å². The van der Waals surface area contributed by atoms with Crippen LogP contribution in [0.15, 0.2) is 42.7 Å². The van der Waals surface area contributed by atoms with Gasteiger partial charge < -0.3 is 4.90 Å². The van der Waals surface area contributed by atoms with Crippen molar-refractivity contribution in [1.82, 2.24) is 24.6 Å². The van der Waals surface area contributed by atoms with Gasteiger partial charge in [-0.3, -0.25) is 14.8 Å². The average Bonchev–Trinajstić information content (AvgIpc) is 3.12. The van der Waals surface area contributed by atoms with E-state index < -0.39 is 0 Å². The van der Waals surface area contributed by atoms with Crippen molar-refractivity contribution in [2.45, 2.75) is 26.8 Å². The number of carbonyl (C=O) groups excluding carboxylic acids is 1. The second-order valence-electron chi connectivity index (χ2n) is 6.54. The molecule has 0 saturated heterocycles. The first-order valence-electron chi connectivity index (χ1n) is 8.57. The van der Waals surface area contributed by atoms with Crippen LogP contribution in [0.1, 0.15) is 35.6 Å². The second kappa shape index (κ2) is 7.38. The van der Waals surface area contributed by atoms with E-state index in [0.717, 1.165) is 11.4 Å². The Morgan fingerprint density at radius 3 is 2.52 bits per heavy atom. The van der Waals surface area contributed by atoms with Gasteiger partial charge in [0.2, 0.25) is 0 Å². The first-order chi connectivity index (χ1) is 12.9. The molecular weight excluding hydrogens is 340 g/mol. The van der Waals surface area contributed by atoms with Crippen LogP contribution in [0.3, 0.4) is 0 Å². The van der Waals surface area contributed by atoms with Gasteiger partial charge in [-0.25, -0.2) is 4.68 Å². The van der Waals surface area contributed by atoms with Crippen molar-refractivity contribution < 1.29 is 4.79 Å². The normalized spacial score (nSPS) is 10.7. The van der Waals surface area contributed by atoms with E-state index in [4.69, 9.17) is 5.26 Å². The van der Waals surface area contributed by atoms with Crippen molar-refractivity contribution in [2.75, 3.05) is 7.05 Å². The van der Waals surface area contributed by atoms with E-state index in [1.54, 1.807) is 41.0 Å². The van der Waals surface area contributed by atoms with Crippen LogP contribution in [0.25, 0.3) is 17.1 Å². The Bertz CT molecular complexity index is 996. The number of carbonyl (C=O) groups is 1. The van der Waals surface area contributed by atoms with Gasteiger partial charge in [-0.1, -0.05) is 0 Å². The maximum atomic E-state index is 12.7. The molecule has 0 aliphatic rings. The minimum atomic E-state index is -0.168. The van der Waals surface area contributed by atoms with Crippen LogP contribution in [0, 0.1) is 18.3 Å². The topological polar surface area (TPSA) is 87.7 Å². The van der Waals surface area contributed by atoms with E-state index in [1.807, 2.05) is 32.9 Å². The third kappa shape index (κ3) is 3.70. The third-order valence-electron chi connectivity index (χ3n) is 4.32. The van der Waals surface area contributed by atoms with Crippen LogP contribution in [-0.2, 0) is 0 Å². The zero-order valence-electron chi connectivity index (χ0n) is 15.7. The van der Waals surface area contributed by atoms with Crippen molar-refractivity contribution in [2.24, 2.45) is 0 Å². The summed E-state index contributed by atoms with van der Waals surface area (Å²) in [4.78, 5) is 23.0. The Hall–Kier alpha value is -3.53. The van der Waals surface area contributed by atoms with Crippen LogP contribution in [0.5, 0.6) is 0 Å². The highest BCUT2D eigenvalue weighted by atomic mass is 16.2. The molecule has 1 amide bonds. The van der Waals surface area contributed by atoms with Gasteiger partial charge in [-0.05, 0) is 51.1 Å². The van der Waals surface area contributed by atoms with E-state index in [-0.39, 0.29) is 11.9 Å². The number of rotatable bonds is 4. The molecule has 0 spiro atoms. The molecule has 136 valence electrons. The Kier molecular flexibility index (Phi) is 4.99. The lowest BCUT2D eigenvalue weighted by molar-refractivity contribution is 0.0748. The van der Waals surface area contributed by atoms with Crippen LogP contribution in [0.2, 0.25) is 0 Å². The fourth-order valence-corrected chi connectivity index (χ4v) is 2.48. The molecule has 0 aliphatic heterocycles. The molecule has 0 bridgehead atoms. The van der Waals surface area contributed by atoms with E-state index in [9.17, 15) is 4.79 Å². The molecule has 0 saturated carbocycles. The summed E-state index contributed by atoms with van der Waals surface area (Å²) in [6, 6.07) is 11.0. The van der Waals surface area contributed by atoms with Crippen LogP contribution < -0.4 is 0 Å². The molecule has 0 atom stereocenters. The van der Waals surface area contributed by atoms with Gasteiger partial charge >= 0.3 is 0 Å². The zero-order valence-corrected chi connectivity index (χ0v) is 15.7. The van der Waals surface area contributed by atoms with E-state index in [2.05, 4.69) is 21.1 Å². The zero-order chi connectivity index (χ0) is 19.6. The minimum absolute atomic E-state index is 0.0557. The summed E-state index contributed by atoms with van der Waals surface area (Å²) in [5, 5.41) is 13.5. The molecule has 7 heteroatoms. The smallest absolute Gasteiger partial charge is 0.274 e. The molecule has 3 aromatic heterocycles. The molecule has 0 unspecified atom stereocenters. The lowest BCUT2D eigenvalue weighted by Crippen LogP contribution is -2.33. The van der Waals surface area contributed by atoms with Crippen molar-refractivity contribution in [3.8, 4) is 23.1 Å². The molecule has 0 aliphatic carbocycles. The summed E-state index contributed by atoms with van der Waals surface area (Å²) in [6.07, 6.45) is 3.21. The maximum absolute atomic E-state index is 12.7. The number of nitrogens with zero attached hydrogens (tertiary/aromatic N) is 6. The van der Waals surface area contributed by atoms with Crippen molar-refractivity contribution >= 4 is 5.91 Å². The molecule has 3 aromatic rings. The van der Waals surface area contributed by atoms with Gasteiger partial charge in [0.1, 0.15) is 6.07 Å². The predicted octanol–water partition coefficient (Wildman–Crippen LogP) is 2.99.